The minimum absolute atomic E-state index is 0.105. The highest BCUT2D eigenvalue weighted by Gasteiger charge is 2.30. The Balaban J connectivity index is 5.21. The molecule has 98 heavy (non-hydrogen) atoms. The van der Waals surface area contributed by atoms with Gasteiger partial charge in [-0.05, 0) is 37.5 Å². The van der Waals surface area contributed by atoms with Crippen LogP contribution in [0.5, 0.6) is 0 Å². The predicted octanol–water partition coefficient (Wildman–Crippen LogP) is 23.5. The zero-order valence-electron chi connectivity index (χ0n) is 64.1. The van der Waals surface area contributed by atoms with E-state index in [4.69, 9.17) is 37.0 Å². The number of esters is 4. The quantitative estimate of drug-likeness (QED) is 0.0222. The van der Waals surface area contributed by atoms with Gasteiger partial charge in [-0.25, -0.2) is 9.13 Å². The number of hydrogen-bond acceptors (Lipinski definition) is 15. The van der Waals surface area contributed by atoms with Gasteiger partial charge in [0.1, 0.15) is 19.3 Å². The lowest BCUT2D eigenvalue weighted by molar-refractivity contribution is -0.161. The lowest BCUT2D eigenvalue weighted by Gasteiger charge is -2.21. The van der Waals surface area contributed by atoms with Crippen LogP contribution in [0.25, 0.3) is 0 Å². The van der Waals surface area contributed by atoms with Crippen molar-refractivity contribution in [2.75, 3.05) is 39.6 Å². The van der Waals surface area contributed by atoms with Crippen molar-refractivity contribution < 1.29 is 80.2 Å². The maximum atomic E-state index is 13.1. The molecule has 3 N–H and O–H groups in total. The van der Waals surface area contributed by atoms with Gasteiger partial charge in [-0.2, -0.15) is 0 Å². The SMILES string of the molecule is CCCCCCCCCCCCCCCCCCCCCCC(=O)O[C@H](COC(=O)CCCCCCCCCCCCCCCCC(C)C)COP(=O)(O)OC[C@@H](O)COP(=O)(O)OC[C@@H](COC(=O)CCCCCCCCCCCC)OC(=O)CCCCCCCCCCC(C)C. The maximum Gasteiger partial charge on any atom is 0.472 e. The van der Waals surface area contributed by atoms with E-state index in [1.165, 1.54) is 231 Å². The van der Waals surface area contributed by atoms with E-state index in [0.29, 0.717) is 25.7 Å². The van der Waals surface area contributed by atoms with Gasteiger partial charge in [-0.3, -0.25) is 37.3 Å². The molecule has 582 valence electrons. The largest absolute Gasteiger partial charge is 0.472 e. The van der Waals surface area contributed by atoms with Gasteiger partial charge in [0.25, 0.3) is 0 Å². The van der Waals surface area contributed by atoms with E-state index in [2.05, 4.69) is 41.5 Å². The van der Waals surface area contributed by atoms with Crippen LogP contribution < -0.4 is 0 Å². The van der Waals surface area contributed by atoms with E-state index in [1.807, 2.05) is 0 Å². The van der Waals surface area contributed by atoms with Crippen LogP contribution in [-0.4, -0.2) is 96.7 Å². The number of phosphoric ester groups is 2. The highest BCUT2D eigenvalue weighted by molar-refractivity contribution is 7.47. The molecule has 0 amide bonds. The Morgan fingerprint density at radius 2 is 0.469 bits per heavy atom. The van der Waals surface area contributed by atoms with Gasteiger partial charge in [0.05, 0.1) is 26.4 Å². The fourth-order valence-corrected chi connectivity index (χ4v) is 13.8. The lowest BCUT2D eigenvalue weighted by atomic mass is 10.0. The number of rotatable bonds is 78. The Hall–Kier alpha value is -1.94. The molecule has 0 radical (unpaired) electrons. The first-order valence-corrected chi connectivity index (χ1v) is 44.0. The Morgan fingerprint density at radius 3 is 0.694 bits per heavy atom. The molecule has 0 aromatic heterocycles. The van der Waals surface area contributed by atoms with Gasteiger partial charge >= 0.3 is 39.5 Å². The van der Waals surface area contributed by atoms with E-state index in [0.717, 1.165) is 102 Å². The molecule has 0 fully saturated rings. The van der Waals surface area contributed by atoms with Crippen LogP contribution in [0.4, 0.5) is 0 Å². The lowest BCUT2D eigenvalue weighted by Crippen LogP contribution is -2.30. The Bertz CT molecular complexity index is 1890. The number of carbonyl (C=O) groups excluding carboxylic acids is 4. The van der Waals surface area contributed by atoms with Crippen molar-refractivity contribution in [1.82, 2.24) is 0 Å². The molecule has 5 atom stereocenters. The average molecular weight is 1440 g/mol. The second-order valence-electron chi connectivity index (χ2n) is 29.4. The first kappa shape index (κ1) is 96.1. The minimum atomic E-state index is -4.96. The summed E-state index contributed by atoms with van der Waals surface area (Å²) in [7, 11) is -9.91. The van der Waals surface area contributed by atoms with Crippen molar-refractivity contribution in [3.63, 3.8) is 0 Å². The molecule has 0 rings (SSSR count). The number of hydrogen-bond donors (Lipinski definition) is 3. The molecule has 0 aromatic carbocycles. The number of aliphatic hydroxyl groups excluding tert-OH is 1. The van der Waals surface area contributed by atoms with Gasteiger partial charge in [0, 0.05) is 25.7 Å². The van der Waals surface area contributed by atoms with Crippen molar-refractivity contribution in [3.8, 4) is 0 Å². The maximum absolute atomic E-state index is 13.1. The summed E-state index contributed by atoms with van der Waals surface area (Å²) < 4.78 is 68.6. The first-order valence-electron chi connectivity index (χ1n) is 41.0. The molecule has 0 spiro atoms. The number of ether oxygens (including phenoxy) is 4. The van der Waals surface area contributed by atoms with Gasteiger partial charge in [0.2, 0.25) is 0 Å². The third-order valence-corrected chi connectivity index (χ3v) is 20.4. The summed E-state index contributed by atoms with van der Waals surface area (Å²) in [5.41, 5.74) is 0. The van der Waals surface area contributed by atoms with Gasteiger partial charge < -0.3 is 33.8 Å². The molecule has 0 aliphatic carbocycles. The topological polar surface area (TPSA) is 237 Å². The summed E-state index contributed by atoms with van der Waals surface area (Å²) in [5.74, 6) is -0.596. The van der Waals surface area contributed by atoms with Crippen LogP contribution in [0.2, 0.25) is 0 Å². The third kappa shape index (κ3) is 72.4. The van der Waals surface area contributed by atoms with E-state index in [-0.39, 0.29) is 25.7 Å². The molecule has 0 heterocycles. The summed E-state index contributed by atoms with van der Waals surface area (Å²) in [6.45, 7) is 9.59. The molecule has 0 bridgehead atoms. The monoisotopic (exact) mass is 1440 g/mol. The number of aliphatic hydroxyl groups is 1. The van der Waals surface area contributed by atoms with E-state index >= 15 is 0 Å². The third-order valence-electron chi connectivity index (χ3n) is 18.5. The molecular formula is C79H154O17P2. The molecule has 0 aliphatic heterocycles. The Labute approximate surface area is 600 Å². The molecule has 19 heteroatoms. The molecule has 0 saturated carbocycles. The Morgan fingerprint density at radius 1 is 0.276 bits per heavy atom. The van der Waals surface area contributed by atoms with E-state index in [1.54, 1.807) is 0 Å². The van der Waals surface area contributed by atoms with E-state index < -0.39 is 97.5 Å². The molecule has 2 unspecified atom stereocenters. The predicted molar refractivity (Wildman–Crippen MR) is 400 cm³/mol. The van der Waals surface area contributed by atoms with Crippen LogP contribution in [0, 0.1) is 11.8 Å². The summed E-state index contributed by atoms with van der Waals surface area (Å²) in [6.07, 6.45) is 59.8. The molecule has 0 saturated heterocycles. The van der Waals surface area contributed by atoms with Gasteiger partial charge in [-0.15, -0.1) is 0 Å². The smallest absolute Gasteiger partial charge is 0.462 e. The normalized spacial score (nSPS) is 13.9. The van der Waals surface area contributed by atoms with Crippen LogP contribution in [0.1, 0.15) is 414 Å². The molecule has 0 aromatic rings. The van der Waals surface area contributed by atoms with Crippen LogP contribution in [0.3, 0.4) is 0 Å². The highest BCUT2D eigenvalue weighted by Crippen LogP contribution is 2.45. The highest BCUT2D eigenvalue weighted by atomic mass is 31.2. The fraction of sp³-hybridized carbons (Fsp3) is 0.949. The van der Waals surface area contributed by atoms with Crippen molar-refractivity contribution in [2.24, 2.45) is 11.8 Å². The fourth-order valence-electron chi connectivity index (χ4n) is 12.2. The van der Waals surface area contributed by atoms with Crippen molar-refractivity contribution >= 4 is 39.5 Å². The summed E-state index contributed by atoms with van der Waals surface area (Å²) >= 11 is 0. The van der Waals surface area contributed by atoms with Crippen LogP contribution in [0.15, 0.2) is 0 Å². The first-order chi connectivity index (χ1) is 47.4. The van der Waals surface area contributed by atoms with Gasteiger partial charge in [0.15, 0.2) is 12.2 Å². The van der Waals surface area contributed by atoms with E-state index in [9.17, 15) is 43.2 Å². The zero-order chi connectivity index (χ0) is 72.1. The molecular weight excluding hydrogens is 1280 g/mol. The second kappa shape index (κ2) is 70.7. The van der Waals surface area contributed by atoms with Crippen molar-refractivity contribution in [1.29, 1.82) is 0 Å². The van der Waals surface area contributed by atoms with Crippen molar-refractivity contribution in [3.05, 3.63) is 0 Å². The minimum Gasteiger partial charge on any atom is -0.462 e. The number of carbonyl (C=O) groups is 4. The molecule has 0 aliphatic rings. The Kier molecular flexibility index (Phi) is 69.3. The second-order valence-corrected chi connectivity index (χ2v) is 32.3. The van der Waals surface area contributed by atoms with Crippen molar-refractivity contribution in [2.45, 2.75) is 432 Å². The number of unbranched alkanes of at least 4 members (excludes halogenated alkanes) is 48. The van der Waals surface area contributed by atoms with Crippen LogP contribution >= 0.6 is 15.6 Å². The van der Waals surface area contributed by atoms with Crippen LogP contribution in [-0.2, 0) is 65.4 Å². The van der Waals surface area contributed by atoms with Gasteiger partial charge in [-0.1, -0.05) is 363 Å². The number of phosphoric acid groups is 2. The summed E-state index contributed by atoms with van der Waals surface area (Å²) in [4.78, 5) is 72.9. The summed E-state index contributed by atoms with van der Waals surface area (Å²) in [5, 5.41) is 10.6. The average Bonchev–Trinajstić information content (AvgIpc) is 0.972. The zero-order valence-corrected chi connectivity index (χ0v) is 65.9. The standard InChI is InChI=1S/C79H154O17P2/c1-7-9-11-13-15-17-19-20-21-22-23-24-25-26-31-34-38-45-51-57-63-78(83)95-74(67-90-77(82)62-56-50-44-37-33-30-28-27-29-32-35-41-47-53-59-71(3)4)69-93-97(85,86)91-65-73(80)66-92-98(87,88)94-70-75(68-89-76(81)61-55-49-43-36-18-16-14-12-10-8-2)96-79(84)64-58-52-46-40-39-42-48-54-60-72(5)6/h71-75,80H,7-70H2,1-6H3,(H,85,86)(H,87,88)/t73-,74-,75-/m1/s1. The summed E-state index contributed by atoms with van der Waals surface area (Å²) in [6, 6.07) is 0. The molecule has 17 nitrogen and oxygen atoms in total.